The second-order valence-electron chi connectivity index (χ2n) is 3.87. The summed E-state index contributed by atoms with van der Waals surface area (Å²) < 4.78 is 5.30. The summed E-state index contributed by atoms with van der Waals surface area (Å²) in [6.07, 6.45) is 1.62. The Hall–Kier alpha value is -1.51. The van der Waals surface area contributed by atoms with Crippen LogP contribution >= 0.6 is 0 Å². The van der Waals surface area contributed by atoms with Gasteiger partial charge in [-0.25, -0.2) is 0 Å². The summed E-state index contributed by atoms with van der Waals surface area (Å²) in [6.45, 7) is 5.94. The lowest BCUT2D eigenvalue weighted by molar-refractivity contribution is 0.611. The molecule has 0 aromatic carbocycles. The number of hydrogen-bond donors (Lipinski definition) is 1. The maximum atomic E-state index is 11.7. The summed E-state index contributed by atoms with van der Waals surface area (Å²) in [5, 5.41) is 0.661. The summed E-state index contributed by atoms with van der Waals surface area (Å²) in [5.74, 6) is 0.303. The largest absolute Gasteiger partial charge is 0.464 e. The second-order valence-corrected chi connectivity index (χ2v) is 3.87. The average Bonchev–Trinajstić information content (AvgIpc) is 2.48. The highest BCUT2D eigenvalue weighted by Crippen LogP contribution is 2.19. The van der Waals surface area contributed by atoms with Gasteiger partial charge in [-0.15, -0.1) is 0 Å². The predicted molar refractivity (Wildman–Crippen MR) is 55.7 cm³/mol. The van der Waals surface area contributed by atoms with Gasteiger partial charge in [0.1, 0.15) is 5.58 Å². The highest BCUT2D eigenvalue weighted by atomic mass is 16.3. The number of aromatic nitrogens is 1. The normalized spacial score (nSPS) is 11.4. The van der Waals surface area contributed by atoms with Gasteiger partial charge in [-0.2, -0.15) is 0 Å². The molecule has 1 N–H and O–H groups in total. The molecule has 2 aromatic rings. The minimum Gasteiger partial charge on any atom is -0.464 e. The van der Waals surface area contributed by atoms with E-state index >= 15 is 0 Å². The van der Waals surface area contributed by atoms with E-state index in [1.165, 1.54) is 0 Å². The van der Waals surface area contributed by atoms with Crippen molar-refractivity contribution in [3.05, 3.63) is 33.9 Å². The second kappa shape index (κ2) is 3.01. The fourth-order valence-corrected chi connectivity index (χ4v) is 1.54. The van der Waals surface area contributed by atoms with Crippen molar-refractivity contribution in [1.29, 1.82) is 0 Å². The van der Waals surface area contributed by atoms with Gasteiger partial charge in [-0.3, -0.25) is 4.79 Å². The molecule has 0 saturated carbocycles. The Morgan fingerprint density at radius 1 is 1.43 bits per heavy atom. The van der Waals surface area contributed by atoms with Crippen molar-refractivity contribution in [3.8, 4) is 0 Å². The van der Waals surface area contributed by atoms with Crippen LogP contribution in [0.5, 0.6) is 0 Å². The topological polar surface area (TPSA) is 46.0 Å². The molecule has 0 aliphatic rings. The van der Waals surface area contributed by atoms with Crippen LogP contribution in [0.25, 0.3) is 11.0 Å². The summed E-state index contributed by atoms with van der Waals surface area (Å²) in [4.78, 5) is 14.5. The molecule has 0 aliphatic heterocycles. The molecule has 2 aromatic heterocycles. The monoisotopic (exact) mass is 191 g/mol. The lowest BCUT2D eigenvalue weighted by Gasteiger charge is -2.03. The third-order valence-corrected chi connectivity index (χ3v) is 2.40. The number of fused-ring (bicyclic) bond motifs is 1. The van der Waals surface area contributed by atoms with Crippen LogP contribution in [0.4, 0.5) is 0 Å². The van der Waals surface area contributed by atoms with Crippen molar-refractivity contribution in [3.63, 3.8) is 0 Å². The molecule has 0 aliphatic carbocycles. The average molecular weight is 191 g/mol. The molecule has 3 nitrogen and oxygen atoms in total. The van der Waals surface area contributed by atoms with Crippen LogP contribution in [-0.2, 0) is 0 Å². The Bertz CT molecular complexity index is 520. The lowest BCUT2D eigenvalue weighted by atomic mass is 10.1. The van der Waals surface area contributed by atoms with E-state index in [2.05, 4.69) is 4.98 Å². The minimum absolute atomic E-state index is 0.0579. The number of pyridine rings is 1. The minimum atomic E-state index is -0.0579. The van der Waals surface area contributed by atoms with E-state index < -0.39 is 0 Å². The zero-order chi connectivity index (χ0) is 10.3. The molecule has 2 heterocycles. The van der Waals surface area contributed by atoms with Gasteiger partial charge in [0.2, 0.25) is 0 Å². The molecule has 0 bridgehead atoms. The van der Waals surface area contributed by atoms with E-state index in [-0.39, 0.29) is 5.56 Å². The Kier molecular flexibility index (Phi) is 1.95. The molecule has 0 atom stereocenters. The van der Waals surface area contributed by atoms with Crippen molar-refractivity contribution in [2.45, 2.75) is 26.7 Å². The van der Waals surface area contributed by atoms with E-state index in [0.29, 0.717) is 16.9 Å². The first-order valence-electron chi connectivity index (χ1n) is 4.70. The highest BCUT2D eigenvalue weighted by molar-refractivity contribution is 5.79. The van der Waals surface area contributed by atoms with Gasteiger partial charge in [0.05, 0.1) is 11.6 Å². The number of nitrogens with one attached hydrogen (secondary N) is 1. The number of hydrogen-bond acceptors (Lipinski definition) is 2. The number of H-pyrrole nitrogens is 1. The SMILES string of the molecule is Cc1coc2cc(C(C)C)[nH]c(=O)c12. The van der Waals surface area contributed by atoms with Gasteiger partial charge in [-0.1, -0.05) is 13.8 Å². The van der Waals surface area contributed by atoms with E-state index in [0.717, 1.165) is 11.3 Å². The first kappa shape index (κ1) is 9.06. The lowest BCUT2D eigenvalue weighted by Crippen LogP contribution is -2.09. The van der Waals surface area contributed by atoms with Crippen molar-refractivity contribution < 1.29 is 4.42 Å². The number of aryl methyl sites for hydroxylation is 1. The Balaban J connectivity index is 2.81. The third kappa shape index (κ3) is 1.25. The molecular weight excluding hydrogens is 178 g/mol. The molecule has 0 saturated heterocycles. The van der Waals surface area contributed by atoms with E-state index in [1.807, 2.05) is 26.8 Å². The first-order valence-corrected chi connectivity index (χ1v) is 4.70. The Morgan fingerprint density at radius 3 is 2.79 bits per heavy atom. The van der Waals surface area contributed by atoms with Gasteiger partial charge in [0.15, 0.2) is 0 Å². The standard InChI is InChI=1S/C11H13NO2/c1-6(2)8-4-9-10(11(13)12-8)7(3)5-14-9/h4-6H,1-3H3,(H,12,13). The van der Waals surface area contributed by atoms with Gasteiger partial charge in [0.25, 0.3) is 5.56 Å². The van der Waals surface area contributed by atoms with Crippen LogP contribution in [0, 0.1) is 6.92 Å². The number of aromatic amines is 1. The van der Waals surface area contributed by atoms with Gasteiger partial charge in [0, 0.05) is 17.3 Å². The molecule has 3 heteroatoms. The highest BCUT2D eigenvalue weighted by Gasteiger charge is 2.09. The third-order valence-electron chi connectivity index (χ3n) is 2.40. The quantitative estimate of drug-likeness (QED) is 0.752. The van der Waals surface area contributed by atoms with Gasteiger partial charge in [-0.05, 0) is 12.8 Å². The maximum Gasteiger partial charge on any atom is 0.259 e. The molecule has 0 unspecified atom stereocenters. The zero-order valence-electron chi connectivity index (χ0n) is 8.55. The van der Waals surface area contributed by atoms with Crippen LogP contribution < -0.4 is 5.56 Å². The van der Waals surface area contributed by atoms with Gasteiger partial charge < -0.3 is 9.40 Å². The van der Waals surface area contributed by atoms with Crippen LogP contribution in [0.1, 0.15) is 31.0 Å². The molecule has 0 radical (unpaired) electrons. The summed E-state index contributed by atoms with van der Waals surface area (Å²) in [5.41, 5.74) is 2.42. The molecule has 0 spiro atoms. The van der Waals surface area contributed by atoms with Crippen LogP contribution in [-0.4, -0.2) is 4.98 Å². The molecule has 0 amide bonds. The molecule has 0 fully saturated rings. The number of rotatable bonds is 1. The Morgan fingerprint density at radius 2 is 2.14 bits per heavy atom. The maximum absolute atomic E-state index is 11.7. The van der Waals surface area contributed by atoms with Crippen LogP contribution in [0.3, 0.4) is 0 Å². The van der Waals surface area contributed by atoms with Crippen molar-refractivity contribution in [2.75, 3.05) is 0 Å². The predicted octanol–water partition coefficient (Wildman–Crippen LogP) is 2.55. The van der Waals surface area contributed by atoms with E-state index in [1.54, 1.807) is 6.26 Å². The fourth-order valence-electron chi connectivity index (χ4n) is 1.54. The summed E-state index contributed by atoms with van der Waals surface area (Å²) in [7, 11) is 0. The molecule has 14 heavy (non-hydrogen) atoms. The van der Waals surface area contributed by atoms with E-state index in [4.69, 9.17) is 4.42 Å². The van der Waals surface area contributed by atoms with Gasteiger partial charge >= 0.3 is 0 Å². The smallest absolute Gasteiger partial charge is 0.259 e. The zero-order valence-corrected chi connectivity index (χ0v) is 8.55. The first-order chi connectivity index (χ1) is 6.59. The Labute approximate surface area is 81.7 Å². The molecule has 74 valence electrons. The van der Waals surface area contributed by atoms with E-state index in [9.17, 15) is 4.79 Å². The summed E-state index contributed by atoms with van der Waals surface area (Å²) >= 11 is 0. The fraction of sp³-hybridized carbons (Fsp3) is 0.364. The van der Waals surface area contributed by atoms with Crippen molar-refractivity contribution in [2.24, 2.45) is 0 Å². The van der Waals surface area contributed by atoms with Crippen LogP contribution in [0.2, 0.25) is 0 Å². The summed E-state index contributed by atoms with van der Waals surface area (Å²) in [6, 6.07) is 1.90. The molecule has 2 rings (SSSR count). The van der Waals surface area contributed by atoms with Crippen LogP contribution in [0.15, 0.2) is 21.5 Å². The van der Waals surface area contributed by atoms with Crippen molar-refractivity contribution in [1.82, 2.24) is 4.98 Å². The van der Waals surface area contributed by atoms with Crippen molar-refractivity contribution >= 4 is 11.0 Å². The molecular formula is C11H13NO2. The number of furan rings is 1.